The zero-order valence-corrected chi connectivity index (χ0v) is 15.8. The standard InChI is InChI=1S/C19H18Cl2O2S/c1-19(2)14(10-16(20)21)17(19)18(22)23-11-12-5-3-6-13(9-12)15-7-4-8-24-15/h3-10,14,17H,11H2,1-2H3/t14-,17+/m1/s1. The van der Waals surface area contributed by atoms with Gasteiger partial charge in [0.25, 0.3) is 0 Å². The SMILES string of the molecule is CC1(C)[C@H](C=C(Cl)Cl)[C@H]1C(=O)OCc1cccc(-c2cccs2)c1. The van der Waals surface area contributed by atoms with Crippen LogP contribution in [0.4, 0.5) is 0 Å². The highest BCUT2D eigenvalue weighted by Gasteiger charge is 2.61. The molecule has 1 aliphatic rings. The van der Waals surface area contributed by atoms with E-state index in [1.54, 1.807) is 17.4 Å². The maximum absolute atomic E-state index is 12.4. The molecule has 2 aromatic rings. The Morgan fingerprint density at radius 3 is 2.75 bits per heavy atom. The second-order valence-electron chi connectivity index (χ2n) is 6.57. The maximum Gasteiger partial charge on any atom is 0.310 e. The second-order valence-corrected chi connectivity index (χ2v) is 8.52. The Hall–Kier alpha value is -1.29. The molecule has 5 heteroatoms. The summed E-state index contributed by atoms with van der Waals surface area (Å²) >= 11 is 13.1. The van der Waals surface area contributed by atoms with Crippen molar-refractivity contribution in [1.82, 2.24) is 0 Å². The molecule has 0 radical (unpaired) electrons. The summed E-state index contributed by atoms with van der Waals surface area (Å²) in [4.78, 5) is 13.6. The molecule has 24 heavy (non-hydrogen) atoms. The average molecular weight is 381 g/mol. The molecule has 0 spiro atoms. The zero-order valence-electron chi connectivity index (χ0n) is 13.5. The van der Waals surface area contributed by atoms with Gasteiger partial charge < -0.3 is 4.74 Å². The van der Waals surface area contributed by atoms with Gasteiger partial charge in [0, 0.05) is 4.88 Å². The Balaban J connectivity index is 1.63. The highest BCUT2D eigenvalue weighted by atomic mass is 35.5. The average Bonchev–Trinajstić information content (AvgIpc) is 2.94. The van der Waals surface area contributed by atoms with Crippen LogP contribution in [-0.4, -0.2) is 5.97 Å². The van der Waals surface area contributed by atoms with Crippen LogP contribution in [-0.2, 0) is 16.1 Å². The molecule has 1 fully saturated rings. The van der Waals surface area contributed by atoms with Crippen molar-refractivity contribution < 1.29 is 9.53 Å². The van der Waals surface area contributed by atoms with E-state index in [0.29, 0.717) is 0 Å². The Labute approximate surface area is 156 Å². The van der Waals surface area contributed by atoms with Crippen LogP contribution in [0.5, 0.6) is 0 Å². The summed E-state index contributed by atoms with van der Waals surface area (Å²) in [6.07, 6.45) is 1.73. The molecule has 1 aromatic carbocycles. The minimum absolute atomic E-state index is 0.0347. The van der Waals surface area contributed by atoms with Crippen molar-refractivity contribution in [3.63, 3.8) is 0 Å². The number of thiophene rings is 1. The van der Waals surface area contributed by atoms with Gasteiger partial charge in [-0.15, -0.1) is 11.3 Å². The highest BCUT2D eigenvalue weighted by Crippen LogP contribution is 2.60. The minimum Gasteiger partial charge on any atom is -0.461 e. The fraction of sp³-hybridized carbons (Fsp3) is 0.316. The van der Waals surface area contributed by atoms with E-state index >= 15 is 0 Å². The molecule has 0 bridgehead atoms. The largest absolute Gasteiger partial charge is 0.461 e. The first-order chi connectivity index (χ1) is 11.4. The molecule has 126 valence electrons. The molecule has 1 aromatic heterocycles. The van der Waals surface area contributed by atoms with Gasteiger partial charge in [-0.2, -0.15) is 0 Å². The van der Waals surface area contributed by atoms with Crippen molar-refractivity contribution in [3.8, 4) is 10.4 Å². The van der Waals surface area contributed by atoms with E-state index in [9.17, 15) is 4.79 Å². The zero-order chi connectivity index (χ0) is 17.3. The molecule has 0 amide bonds. The van der Waals surface area contributed by atoms with Crippen molar-refractivity contribution in [2.45, 2.75) is 20.5 Å². The summed E-state index contributed by atoms with van der Waals surface area (Å²) in [7, 11) is 0. The number of ether oxygens (including phenoxy) is 1. The fourth-order valence-corrected chi connectivity index (χ4v) is 4.07. The Morgan fingerprint density at radius 2 is 2.08 bits per heavy atom. The summed E-state index contributed by atoms with van der Waals surface area (Å²) < 4.78 is 5.72. The van der Waals surface area contributed by atoms with E-state index in [4.69, 9.17) is 27.9 Å². The third-order valence-corrected chi connectivity index (χ3v) is 5.75. The Kier molecular flexibility index (Phi) is 5.05. The lowest BCUT2D eigenvalue weighted by atomic mass is 10.1. The first-order valence-corrected chi connectivity index (χ1v) is 9.35. The third kappa shape index (κ3) is 3.69. The van der Waals surface area contributed by atoms with Crippen LogP contribution >= 0.6 is 34.5 Å². The number of carbonyl (C=O) groups is 1. The summed E-state index contributed by atoms with van der Waals surface area (Å²) in [6, 6.07) is 12.2. The lowest BCUT2D eigenvalue weighted by molar-refractivity contribution is -0.147. The number of allylic oxidation sites excluding steroid dienone is 1. The monoisotopic (exact) mass is 380 g/mol. The molecule has 0 aliphatic heterocycles. The molecular formula is C19H18Cl2O2S. The summed E-state index contributed by atoms with van der Waals surface area (Å²) in [5.74, 6) is -0.352. The number of hydrogen-bond donors (Lipinski definition) is 0. The normalized spacial score (nSPS) is 21.2. The van der Waals surface area contributed by atoms with Crippen LogP contribution in [0, 0.1) is 17.3 Å². The molecule has 0 saturated heterocycles. The molecule has 1 heterocycles. The molecule has 1 aliphatic carbocycles. The maximum atomic E-state index is 12.4. The predicted molar refractivity (Wildman–Crippen MR) is 100 cm³/mol. The van der Waals surface area contributed by atoms with Crippen molar-refractivity contribution >= 4 is 40.5 Å². The van der Waals surface area contributed by atoms with Gasteiger partial charge in [-0.1, -0.05) is 61.3 Å². The lowest BCUT2D eigenvalue weighted by Crippen LogP contribution is -2.10. The van der Waals surface area contributed by atoms with E-state index in [1.165, 1.54) is 4.88 Å². The number of carbonyl (C=O) groups excluding carboxylic acids is 1. The van der Waals surface area contributed by atoms with E-state index in [-0.39, 0.29) is 34.3 Å². The quantitative estimate of drug-likeness (QED) is 0.590. The minimum atomic E-state index is -0.197. The van der Waals surface area contributed by atoms with Gasteiger partial charge in [0.15, 0.2) is 0 Å². The van der Waals surface area contributed by atoms with Crippen molar-refractivity contribution in [2.24, 2.45) is 17.3 Å². The second kappa shape index (κ2) is 6.91. The van der Waals surface area contributed by atoms with Crippen LogP contribution in [0.1, 0.15) is 19.4 Å². The molecule has 0 unspecified atom stereocenters. The van der Waals surface area contributed by atoms with E-state index in [0.717, 1.165) is 11.1 Å². The molecule has 1 saturated carbocycles. The van der Waals surface area contributed by atoms with Crippen molar-refractivity contribution in [3.05, 3.63) is 57.9 Å². The van der Waals surface area contributed by atoms with Gasteiger partial charge in [-0.05, 0) is 46.0 Å². The van der Waals surface area contributed by atoms with Crippen LogP contribution in [0.25, 0.3) is 10.4 Å². The summed E-state index contributed by atoms with van der Waals surface area (Å²) in [5, 5.41) is 2.05. The van der Waals surface area contributed by atoms with Crippen molar-refractivity contribution in [2.75, 3.05) is 0 Å². The Morgan fingerprint density at radius 1 is 1.29 bits per heavy atom. The van der Waals surface area contributed by atoms with Crippen LogP contribution in [0.3, 0.4) is 0 Å². The highest BCUT2D eigenvalue weighted by molar-refractivity contribution is 7.13. The first kappa shape index (κ1) is 17.5. The van der Waals surface area contributed by atoms with Gasteiger partial charge in [0.1, 0.15) is 11.1 Å². The third-order valence-electron chi connectivity index (χ3n) is 4.58. The van der Waals surface area contributed by atoms with E-state index in [2.05, 4.69) is 18.2 Å². The van der Waals surface area contributed by atoms with Crippen LogP contribution in [0.15, 0.2) is 52.3 Å². The number of halogens is 2. The van der Waals surface area contributed by atoms with Crippen LogP contribution in [0.2, 0.25) is 0 Å². The topological polar surface area (TPSA) is 26.3 Å². The molecule has 0 N–H and O–H groups in total. The van der Waals surface area contributed by atoms with Gasteiger partial charge in [-0.25, -0.2) is 0 Å². The molecule has 2 atom stereocenters. The fourth-order valence-electron chi connectivity index (χ4n) is 3.08. The Bertz CT molecular complexity index is 761. The summed E-state index contributed by atoms with van der Waals surface area (Å²) in [5.41, 5.74) is 1.96. The predicted octanol–water partition coefficient (Wildman–Crippen LogP) is 6.05. The van der Waals surface area contributed by atoms with Gasteiger partial charge in [0.2, 0.25) is 0 Å². The van der Waals surface area contributed by atoms with Gasteiger partial charge in [-0.3, -0.25) is 4.79 Å². The number of benzene rings is 1. The van der Waals surface area contributed by atoms with Crippen LogP contribution < -0.4 is 0 Å². The summed E-state index contributed by atoms with van der Waals surface area (Å²) in [6.45, 7) is 4.32. The number of hydrogen-bond acceptors (Lipinski definition) is 3. The van der Waals surface area contributed by atoms with Gasteiger partial charge >= 0.3 is 5.97 Å². The lowest BCUT2D eigenvalue weighted by Gasteiger charge is -2.07. The van der Waals surface area contributed by atoms with Gasteiger partial charge in [0.05, 0.1) is 5.92 Å². The van der Waals surface area contributed by atoms with E-state index in [1.807, 2.05) is 37.4 Å². The van der Waals surface area contributed by atoms with E-state index < -0.39 is 0 Å². The number of rotatable bonds is 5. The number of esters is 1. The smallest absolute Gasteiger partial charge is 0.310 e. The van der Waals surface area contributed by atoms with Crippen molar-refractivity contribution in [1.29, 1.82) is 0 Å². The molecule has 2 nitrogen and oxygen atoms in total. The molecule has 3 rings (SSSR count). The molecular weight excluding hydrogens is 363 g/mol. The first-order valence-electron chi connectivity index (χ1n) is 7.72.